The highest BCUT2D eigenvalue weighted by Crippen LogP contribution is 2.45. The second-order valence-electron chi connectivity index (χ2n) is 8.81. The molecular formula is C24H37ClN4O3. The maximum atomic E-state index is 10.2. The molecule has 0 bridgehead atoms. The first-order valence-corrected chi connectivity index (χ1v) is 11.6. The minimum Gasteiger partial charge on any atom is -0.506 e. The highest BCUT2D eigenvalue weighted by molar-refractivity contribution is 6.31. The van der Waals surface area contributed by atoms with Gasteiger partial charge in [0.15, 0.2) is 0 Å². The van der Waals surface area contributed by atoms with Crippen molar-refractivity contribution in [2.45, 2.75) is 37.8 Å². The van der Waals surface area contributed by atoms with Crippen molar-refractivity contribution in [3.63, 3.8) is 0 Å². The number of likely N-dealkylation sites (tertiary alicyclic amines) is 1. The minimum atomic E-state index is 0.0891. The zero-order valence-corrected chi connectivity index (χ0v) is 20.2. The summed E-state index contributed by atoms with van der Waals surface area (Å²) >= 11 is 6.01. The van der Waals surface area contributed by atoms with E-state index in [0.717, 1.165) is 36.8 Å². The molecule has 0 aromatic heterocycles. The lowest BCUT2D eigenvalue weighted by Crippen LogP contribution is -2.64. The average Bonchev–Trinajstić information content (AvgIpc) is 3.57. The van der Waals surface area contributed by atoms with Gasteiger partial charge in [-0.1, -0.05) is 18.2 Å². The molecule has 32 heavy (non-hydrogen) atoms. The van der Waals surface area contributed by atoms with E-state index in [4.69, 9.17) is 16.4 Å². The fourth-order valence-corrected chi connectivity index (χ4v) is 4.46. The Morgan fingerprint density at radius 3 is 2.31 bits per heavy atom. The number of aromatic hydroxyl groups is 1. The molecule has 0 radical (unpaired) electrons. The standard InChI is InChI=1S/C11H12ClNO2.C10H21N3.C3H4O/c12-9-6-11(15)10(13-3-4-14)5-8(9)7-1-2-7;1-9-6-11(2)4-5-13(9)10-7-12(3)8-10;1-2-3-4/h4-7,13,15H,1-3H2;9-10H,4-8H2,1-3H3;2-3H,1H2. The van der Waals surface area contributed by atoms with Gasteiger partial charge in [-0.3, -0.25) is 9.69 Å². The average molecular weight is 465 g/mol. The molecule has 3 fully saturated rings. The van der Waals surface area contributed by atoms with Gasteiger partial charge >= 0.3 is 0 Å². The topological polar surface area (TPSA) is 76.1 Å². The summed E-state index contributed by atoms with van der Waals surface area (Å²) in [5.74, 6) is 0.612. The Labute approximate surface area is 197 Å². The maximum Gasteiger partial charge on any atom is 0.142 e. The van der Waals surface area contributed by atoms with Crippen LogP contribution in [0.1, 0.15) is 31.2 Å². The molecule has 2 aliphatic heterocycles. The van der Waals surface area contributed by atoms with E-state index in [1.807, 2.05) is 6.07 Å². The summed E-state index contributed by atoms with van der Waals surface area (Å²) in [6.07, 6.45) is 4.89. The molecule has 4 rings (SSSR count). The number of carbonyl (C=O) groups is 2. The molecule has 2 heterocycles. The number of likely N-dealkylation sites (N-methyl/N-ethyl adjacent to an activating group) is 2. The quantitative estimate of drug-likeness (QED) is 0.381. The number of hydrogen-bond donors (Lipinski definition) is 2. The van der Waals surface area contributed by atoms with Gasteiger partial charge in [-0.15, -0.1) is 0 Å². The van der Waals surface area contributed by atoms with Crippen molar-refractivity contribution in [2.24, 2.45) is 0 Å². The van der Waals surface area contributed by atoms with E-state index in [-0.39, 0.29) is 12.3 Å². The number of halogens is 1. The van der Waals surface area contributed by atoms with Gasteiger partial charge in [0.1, 0.15) is 18.3 Å². The third kappa shape index (κ3) is 7.89. The van der Waals surface area contributed by atoms with E-state index < -0.39 is 0 Å². The molecule has 1 aromatic rings. The highest BCUT2D eigenvalue weighted by atomic mass is 35.5. The van der Waals surface area contributed by atoms with Gasteiger partial charge in [-0.05, 0) is 57.5 Å². The first-order valence-electron chi connectivity index (χ1n) is 11.2. The van der Waals surface area contributed by atoms with Gasteiger partial charge in [0.2, 0.25) is 0 Å². The molecule has 1 aromatic carbocycles. The fraction of sp³-hybridized carbons (Fsp3) is 0.583. The molecule has 7 nitrogen and oxygen atoms in total. The molecule has 2 saturated heterocycles. The summed E-state index contributed by atoms with van der Waals surface area (Å²) in [6.45, 7) is 11.9. The smallest absolute Gasteiger partial charge is 0.142 e. The molecule has 1 saturated carbocycles. The first-order chi connectivity index (χ1) is 15.3. The van der Waals surface area contributed by atoms with E-state index in [1.165, 1.54) is 44.9 Å². The van der Waals surface area contributed by atoms with Crippen molar-refractivity contribution in [3.05, 3.63) is 35.4 Å². The summed E-state index contributed by atoms with van der Waals surface area (Å²) < 4.78 is 0. The summed E-state index contributed by atoms with van der Waals surface area (Å²) in [5, 5.41) is 13.0. The monoisotopic (exact) mass is 464 g/mol. The van der Waals surface area contributed by atoms with Gasteiger partial charge in [0.25, 0.3) is 0 Å². The molecule has 1 atom stereocenters. The molecular weight excluding hydrogens is 428 g/mol. The number of nitrogens with one attached hydrogen (secondary N) is 1. The number of aldehydes is 2. The number of phenols is 1. The lowest BCUT2D eigenvalue weighted by molar-refractivity contribution is -0.106. The SMILES string of the molecule is C=CC=O.CC1CN(C)CCN1C1CN(C)C1.O=CCNc1cc(C2CC2)c(Cl)cc1O. The lowest BCUT2D eigenvalue weighted by Gasteiger charge is -2.49. The third-order valence-electron chi connectivity index (χ3n) is 6.00. The van der Waals surface area contributed by atoms with Gasteiger partial charge in [0.05, 0.1) is 12.2 Å². The van der Waals surface area contributed by atoms with Crippen LogP contribution in [0.4, 0.5) is 5.69 Å². The highest BCUT2D eigenvalue weighted by Gasteiger charge is 2.34. The molecule has 3 aliphatic rings. The third-order valence-corrected chi connectivity index (χ3v) is 6.33. The normalized spacial score (nSPS) is 21.8. The minimum absolute atomic E-state index is 0.0891. The molecule has 178 valence electrons. The van der Waals surface area contributed by atoms with Crippen LogP contribution in [0.2, 0.25) is 5.02 Å². The summed E-state index contributed by atoms with van der Waals surface area (Å²) in [6, 6.07) is 4.95. The van der Waals surface area contributed by atoms with Gasteiger partial charge in [-0.2, -0.15) is 0 Å². The summed E-state index contributed by atoms with van der Waals surface area (Å²) in [5.41, 5.74) is 1.64. The number of rotatable bonds is 6. The number of piperazine rings is 1. The first kappa shape index (κ1) is 26.3. The van der Waals surface area contributed by atoms with Crippen molar-refractivity contribution in [3.8, 4) is 5.75 Å². The maximum absolute atomic E-state index is 10.2. The van der Waals surface area contributed by atoms with Crippen molar-refractivity contribution < 1.29 is 14.7 Å². The number of hydrogen-bond acceptors (Lipinski definition) is 7. The van der Waals surface area contributed by atoms with Crippen molar-refractivity contribution >= 4 is 29.9 Å². The Balaban J connectivity index is 0.000000196. The Kier molecular flexibility index (Phi) is 10.6. The predicted octanol–water partition coefficient (Wildman–Crippen LogP) is 2.84. The van der Waals surface area contributed by atoms with Crippen LogP contribution in [0.3, 0.4) is 0 Å². The Morgan fingerprint density at radius 2 is 1.81 bits per heavy atom. The van der Waals surface area contributed by atoms with E-state index in [9.17, 15) is 9.90 Å². The number of nitrogens with zero attached hydrogens (tertiary/aromatic N) is 3. The molecule has 1 aliphatic carbocycles. The predicted molar refractivity (Wildman–Crippen MR) is 131 cm³/mol. The molecule has 0 spiro atoms. The van der Waals surface area contributed by atoms with Crippen LogP contribution in [0.5, 0.6) is 5.75 Å². The Morgan fingerprint density at radius 1 is 1.16 bits per heavy atom. The zero-order chi connectivity index (χ0) is 23.7. The van der Waals surface area contributed by atoms with Gasteiger partial charge in [0, 0.05) is 55.9 Å². The van der Waals surface area contributed by atoms with E-state index >= 15 is 0 Å². The van der Waals surface area contributed by atoms with E-state index in [1.54, 1.807) is 0 Å². The zero-order valence-electron chi connectivity index (χ0n) is 19.5. The van der Waals surface area contributed by atoms with Crippen LogP contribution < -0.4 is 5.32 Å². The molecule has 1 unspecified atom stereocenters. The van der Waals surface area contributed by atoms with Crippen molar-refractivity contribution in [1.29, 1.82) is 0 Å². The van der Waals surface area contributed by atoms with Gasteiger partial charge in [-0.25, -0.2) is 0 Å². The van der Waals surface area contributed by atoms with Crippen LogP contribution in [0.25, 0.3) is 0 Å². The number of phenolic OH excluding ortho intramolecular Hbond substituents is 1. The van der Waals surface area contributed by atoms with Crippen molar-refractivity contribution in [1.82, 2.24) is 14.7 Å². The number of allylic oxidation sites excluding steroid dienone is 1. The van der Waals surface area contributed by atoms with Crippen LogP contribution in [-0.4, -0.2) is 97.8 Å². The number of anilines is 1. The van der Waals surface area contributed by atoms with Crippen LogP contribution in [0, 0.1) is 0 Å². The largest absolute Gasteiger partial charge is 0.506 e. The van der Waals surface area contributed by atoms with Crippen LogP contribution in [0.15, 0.2) is 24.8 Å². The Hall–Kier alpha value is -1.93. The van der Waals surface area contributed by atoms with E-state index in [0.29, 0.717) is 22.9 Å². The van der Waals surface area contributed by atoms with Crippen LogP contribution >= 0.6 is 11.6 Å². The second kappa shape index (κ2) is 12.9. The van der Waals surface area contributed by atoms with E-state index in [2.05, 4.69) is 47.6 Å². The number of benzene rings is 1. The fourth-order valence-electron chi connectivity index (χ4n) is 4.15. The number of carbonyl (C=O) groups excluding carboxylic acids is 2. The molecule has 2 N–H and O–H groups in total. The summed E-state index contributed by atoms with van der Waals surface area (Å²) in [7, 11) is 4.43. The molecule has 8 heteroatoms. The van der Waals surface area contributed by atoms with Crippen molar-refractivity contribution in [2.75, 3.05) is 58.7 Å². The lowest BCUT2D eigenvalue weighted by atomic mass is 10.0. The molecule has 0 amide bonds. The summed E-state index contributed by atoms with van der Waals surface area (Å²) in [4.78, 5) is 26.8. The second-order valence-corrected chi connectivity index (χ2v) is 9.22. The Bertz CT molecular complexity index is 758. The van der Waals surface area contributed by atoms with Crippen LogP contribution in [-0.2, 0) is 9.59 Å². The van der Waals surface area contributed by atoms with Gasteiger partial charge < -0.3 is 25.0 Å².